The minimum Gasteiger partial charge on any atom is -0.478 e. The van der Waals surface area contributed by atoms with Crippen LogP contribution in [-0.2, 0) is 6.54 Å². The molecular weight excluding hydrogens is 372 g/mol. The fourth-order valence-electron chi connectivity index (χ4n) is 3.89. The van der Waals surface area contributed by atoms with Crippen LogP contribution in [0.2, 0.25) is 0 Å². The maximum atomic E-state index is 11.3. The van der Waals surface area contributed by atoms with E-state index in [1.54, 1.807) is 36.4 Å². The van der Waals surface area contributed by atoms with Crippen LogP contribution in [0.5, 0.6) is 0 Å². The van der Waals surface area contributed by atoms with Crippen LogP contribution in [0.4, 0.5) is 5.69 Å². The molecule has 7 nitrogen and oxygen atoms in total. The number of carboxylic acid groups (broad SMARTS) is 1. The number of hydrogen-bond donors (Lipinski definition) is 1. The van der Waals surface area contributed by atoms with Crippen LogP contribution in [-0.4, -0.2) is 27.4 Å². The molecule has 0 saturated carbocycles. The molecule has 1 aliphatic heterocycles. The highest BCUT2D eigenvalue weighted by Crippen LogP contribution is 2.35. The zero-order valence-electron chi connectivity index (χ0n) is 15.7. The maximum Gasteiger partial charge on any atom is 0.335 e. The van der Waals surface area contributed by atoms with Gasteiger partial charge < -0.3 is 9.52 Å². The summed E-state index contributed by atoms with van der Waals surface area (Å²) < 4.78 is 5.93. The minimum atomic E-state index is -0.932. The maximum absolute atomic E-state index is 11.3. The first-order chi connectivity index (χ1) is 14.0. The van der Waals surface area contributed by atoms with Gasteiger partial charge in [0.05, 0.1) is 22.6 Å². The molecule has 1 aromatic heterocycles. The number of furan rings is 1. The lowest BCUT2D eigenvalue weighted by Crippen LogP contribution is -2.22. The summed E-state index contributed by atoms with van der Waals surface area (Å²) in [6, 6.07) is 17.4. The van der Waals surface area contributed by atoms with Crippen LogP contribution in [0.3, 0.4) is 0 Å². The van der Waals surface area contributed by atoms with E-state index in [1.165, 1.54) is 6.07 Å². The Labute approximate surface area is 167 Å². The molecule has 0 aliphatic carbocycles. The van der Waals surface area contributed by atoms with Gasteiger partial charge in [-0.2, -0.15) is 0 Å². The lowest BCUT2D eigenvalue weighted by atomic mass is 10.0. The highest BCUT2D eigenvalue weighted by atomic mass is 16.6. The number of rotatable bonds is 6. The quantitative estimate of drug-likeness (QED) is 0.474. The third-order valence-electron chi connectivity index (χ3n) is 5.29. The summed E-state index contributed by atoms with van der Waals surface area (Å²) in [7, 11) is 0. The first-order valence-electron chi connectivity index (χ1n) is 9.43. The van der Waals surface area contributed by atoms with Crippen molar-refractivity contribution in [1.82, 2.24) is 4.90 Å². The van der Waals surface area contributed by atoms with Crippen molar-refractivity contribution in [3.05, 3.63) is 87.7 Å². The van der Waals surface area contributed by atoms with Crippen LogP contribution in [0.1, 0.15) is 40.6 Å². The Morgan fingerprint density at radius 3 is 2.62 bits per heavy atom. The fraction of sp³-hybridized carbons (Fsp3) is 0.227. The van der Waals surface area contributed by atoms with Crippen molar-refractivity contribution in [3.63, 3.8) is 0 Å². The molecule has 4 rings (SSSR count). The van der Waals surface area contributed by atoms with Crippen molar-refractivity contribution < 1.29 is 19.2 Å². The zero-order valence-corrected chi connectivity index (χ0v) is 15.7. The van der Waals surface area contributed by atoms with E-state index in [0.29, 0.717) is 17.9 Å². The number of para-hydroxylation sites is 1. The number of hydrogen-bond acceptors (Lipinski definition) is 5. The Kier molecular flexibility index (Phi) is 5.14. The first kappa shape index (κ1) is 18.9. The molecule has 1 aliphatic rings. The number of nitro benzene ring substituents is 1. The van der Waals surface area contributed by atoms with Crippen LogP contribution >= 0.6 is 0 Å². The number of carbonyl (C=O) groups is 1. The SMILES string of the molecule is O=C(O)c1ccc(C2CCCN2Cc2ccc(-c3ccccc3[N+](=O)[O-])o2)cc1. The van der Waals surface area contributed by atoms with E-state index >= 15 is 0 Å². The lowest BCUT2D eigenvalue weighted by Gasteiger charge is -2.24. The molecule has 1 N–H and O–H groups in total. The molecule has 148 valence electrons. The van der Waals surface area contributed by atoms with Gasteiger partial charge in [-0.25, -0.2) is 4.79 Å². The second-order valence-corrected chi connectivity index (χ2v) is 7.10. The average molecular weight is 392 g/mol. The van der Waals surface area contributed by atoms with Gasteiger partial charge in [-0.3, -0.25) is 15.0 Å². The second-order valence-electron chi connectivity index (χ2n) is 7.10. The fourth-order valence-corrected chi connectivity index (χ4v) is 3.89. The average Bonchev–Trinajstić information content (AvgIpc) is 3.38. The molecule has 0 radical (unpaired) electrons. The first-order valence-corrected chi connectivity index (χ1v) is 9.43. The Morgan fingerprint density at radius 1 is 1.14 bits per heavy atom. The van der Waals surface area contributed by atoms with Gasteiger partial charge >= 0.3 is 5.97 Å². The summed E-state index contributed by atoms with van der Waals surface area (Å²) in [6.45, 7) is 1.50. The van der Waals surface area contributed by atoms with E-state index in [4.69, 9.17) is 9.52 Å². The van der Waals surface area contributed by atoms with Gasteiger partial charge in [0.1, 0.15) is 11.5 Å². The Morgan fingerprint density at radius 2 is 1.90 bits per heavy atom. The van der Waals surface area contributed by atoms with Crippen molar-refractivity contribution >= 4 is 11.7 Å². The molecule has 1 fully saturated rings. The number of benzene rings is 2. The van der Waals surface area contributed by atoms with Gasteiger partial charge in [0, 0.05) is 12.1 Å². The number of aromatic carboxylic acids is 1. The highest BCUT2D eigenvalue weighted by molar-refractivity contribution is 5.87. The van der Waals surface area contributed by atoms with Crippen molar-refractivity contribution in [2.75, 3.05) is 6.54 Å². The monoisotopic (exact) mass is 392 g/mol. The molecule has 3 aromatic rings. The summed E-state index contributed by atoms with van der Waals surface area (Å²) in [5, 5.41) is 20.3. The van der Waals surface area contributed by atoms with Crippen LogP contribution < -0.4 is 0 Å². The predicted molar refractivity (Wildman–Crippen MR) is 107 cm³/mol. The molecule has 0 bridgehead atoms. The van der Waals surface area contributed by atoms with Crippen molar-refractivity contribution in [3.8, 4) is 11.3 Å². The van der Waals surface area contributed by atoms with Gasteiger partial charge in [0.2, 0.25) is 0 Å². The Balaban J connectivity index is 1.52. The highest BCUT2D eigenvalue weighted by Gasteiger charge is 2.27. The van der Waals surface area contributed by atoms with Crippen molar-refractivity contribution in [2.24, 2.45) is 0 Å². The third-order valence-corrected chi connectivity index (χ3v) is 5.29. The topological polar surface area (TPSA) is 96.8 Å². The Bertz CT molecular complexity index is 1040. The molecule has 0 spiro atoms. The van der Waals surface area contributed by atoms with Crippen LogP contribution in [0, 0.1) is 10.1 Å². The van der Waals surface area contributed by atoms with Crippen LogP contribution in [0.15, 0.2) is 65.1 Å². The van der Waals surface area contributed by atoms with E-state index in [2.05, 4.69) is 4.90 Å². The smallest absolute Gasteiger partial charge is 0.335 e. The number of carboxylic acids is 1. The summed E-state index contributed by atoms with van der Waals surface area (Å²) in [5.41, 5.74) is 1.84. The number of likely N-dealkylation sites (tertiary alicyclic amines) is 1. The second kappa shape index (κ2) is 7.89. The predicted octanol–water partition coefficient (Wildman–Crippen LogP) is 4.89. The molecule has 1 saturated heterocycles. The molecule has 7 heteroatoms. The van der Waals surface area contributed by atoms with E-state index in [9.17, 15) is 14.9 Å². The largest absolute Gasteiger partial charge is 0.478 e. The van der Waals surface area contributed by atoms with E-state index in [1.807, 2.05) is 18.2 Å². The van der Waals surface area contributed by atoms with Crippen molar-refractivity contribution in [2.45, 2.75) is 25.4 Å². The summed E-state index contributed by atoms with van der Waals surface area (Å²) in [4.78, 5) is 24.2. The van der Waals surface area contributed by atoms with Gasteiger partial charge in [-0.1, -0.05) is 24.3 Å². The van der Waals surface area contributed by atoms with Crippen LogP contribution in [0.25, 0.3) is 11.3 Å². The summed E-state index contributed by atoms with van der Waals surface area (Å²) in [6.07, 6.45) is 2.03. The van der Waals surface area contributed by atoms with Gasteiger partial charge in [0.25, 0.3) is 5.69 Å². The van der Waals surface area contributed by atoms with Crippen molar-refractivity contribution in [1.29, 1.82) is 0 Å². The molecular formula is C22H20N2O5. The van der Waals surface area contributed by atoms with E-state index in [0.717, 1.165) is 30.7 Å². The third kappa shape index (κ3) is 3.90. The molecule has 2 heterocycles. The molecule has 0 amide bonds. The van der Waals surface area contributed by atoms with E-state index < -0.39 is 10.9 Å². The Hall–Kier alpha value is -3.45. The number of nitrogens with zero attached hydrogens (tertiary/aromatic N) is 2. The zero-order chi connectivity index (χ0) is 20.4. The van der Waals surface area contributed by atoms with E-state index in [-0.39, 0.29) is 17.3 Å². The van der Waals surface area contributed by atoms with Gasteiger partial charge in [0.15, 0.2) is 0 Å². The van der Waals surface area contributed by atoms with Gasteiger partial charge in [-0.15, -0.1) is 0 Å². The van der Waals surface area contributed by atoms with Gasteiger partial charge in [-0.05, 0) is 55.3 Å². The number of nitro groups is 1. The lowest BCUT2D eigenvalue weighted by molar-refractivity contribution is -0.384. The molecule has 29 heavy (non-hydrogen) atoms. The minimum absolute atomic E-state index is 0.0194. The normalized spacial score (nSPS) is 16.8. The molecule has 2 aromatic carbocycles. The summed E-state index contributed by atoms with van der Waals surface area (Å²) >= 11 is 0. The summed E-state index contributed by atoms with van der Waals surface area (Å²) in [5.74, 6) is 0.291. The standard InChI is InChI=1S/C22H20N2O5/c25-22(26)16-9-7-15(8-10-16)19-6-3-13-23(19)14-17-11-12-21(29-17)18-4-1-2-5-20(18)24(27)28/h1-2,4-5,7-12,19H,3,6,13-14H2,(H,25,26). The molecule has 1 atom stereocenters. The molecule has 1 unspecified atom stereocenters.